The second kappa shape index (κ2) is 4.14. The molecule has 3 heteroatoms. The molecule has 0 amide bonds. The monoisotopic (exact) mass is 169 g/mol. The molecule has 0 aromatic heterocycles. The molecule has 1 aliphatic rings. The van der Waals surface area contributed by atoms with Crippen LogP contribution in [0.15, 0.2) is 12.3 Å². The third kappa shape index (κ3) is 2.95. The van der Waals surface area contributed by atoms with Gasteiger partial charge in [0.25, 0.3) is 0 Å². The Morgan fingerprint density at radius 3 is 2.83 bits per heavy atom. The summed E-state index contributed by atoms with van der Waals surface area (Å²) in [6.07, 6.45) is 5.67. The summed E-state index contributed by atoms with van der Waals surface area (Å²) in [5, 5.41) is 3.13. The van der Waals surface area contributed by atoms with Crippen LogP contribution in [0.3, 0.4) is 0 Å². The Morgan fingerprint density at radius 2 is 2.33 bits per heavy atom. The highest BCUT2D eigenvalue weighted by Crippen LogP contribution is 2.32. The first kappa shape index (κ1) is 9.10. The topological polar surface area (TPSA) is 38.3 Å². The van der Waals surface area contributed by atoms with Crippen molar-refractivity contribution < 1.29 is 9.53 Å². The van der Waals surface area contributed by atoms with Gasteiger partial charge in [-0.1, -0.05) is 0 Å². The number of rotatable bonds is 4. The second-order valence-corrected chi connectivity index (χ2v) is 3.15. The van der Waals surface area contributed by atoms with Crippen molar-refractivity contribution in [3.63, 3.8) is 0 Å². The highest BCUT2D eigenvalue weighted by Gasteiger charge is 2.26. The Labute approximate surface area is 72.8 Å². The summed E-state index contributed by atoms with van der Waals surface area (Å²) in [5.74, 6) is 0.484. The van der Waals surface area contributed by atoms with Crippen LogP contribution in [0.1, 0.15) is 19.8 Å². The van der Waals surface area contributed by atoms with Crippen LogP contribution in [0.5, 0.6) is 0 Å². The van der Waals surface area contributed by atoms with Crippen molar-refractivity contribution in [3.8, 4) is 0 Å². The third-order valence-corrected chi connectivity index (χ3v) is 2.11. The van der Waals surface area contributed by atoms with E-state index < -0.39 is 0 Å². The maximum atomic E-state index is 10.6. The number of esters is 1. The zero-order valence-corrected chi connectivity index (χ0v) is 7.54. The molecule has 0 radical (unpaired) electrons. The summed E-state index contributed by atoms with van der Waals surface area (Å²) < 4.78 is 4.44. The summed E-state index contributed by atoms with van der Waals surface area (Å²) in [7, 11) is 1.37. The molecule has 1 fully saturated rings. The number of ether oxygens (including phenoxy) is 1. The first-order chi connectivity index (χ1) is 5.74. The SMILES string of the molecule is COC(=O)/C=C/NC(C)C1CC1. The van der Waals surface area contributed by atoms with Crippen molar-refractivity contribution in [2.75, 3.05) is 7.11 Å². The van der Waals surface area contributed by atoms with Crippen LogP contribution in [0.4, 0.5) is 0 Å². The zero-order valence-electron chi connectivity index (χ0n) is 7.54. The molecule has 0 heterocycles. The number of hydrogen-bond donors (Lipinski definition) is 1. The number of hydrogen-bond acceptors (Lipinski definition) is 3. The van der Waals surface area contributed by atoms with Crippen molar-refractivity contribution in [1.82, 2.24) is 5.32 Å². The fourth-order valence-corrected chi connectivity index (χ4v) is 1.07. The van der Waals surface area contributed by atoms with E-state index >= 15 is 0 Å². The van der Waals surface area contributed by atoms with E-state index in [1.54, 1.807) is 6.20 Å². The van der Waals surface area contributed by atoms with Gasteiger partial charge in [0.2, 0.25) is 0 Å². The standard InChI is InChI=1S/C9H15NO2/c1-7(8-3-4-8)10-6-5-9(11)12-2/h5-8,10H,3-4H2,1-2H3/b6-5+. The van der Waals surface area contributed by atoms with E-state index in [0.29, 0.717) is 6.04 Å². The molecule has 0 aromatic rings. The van der Waals surface area contributed by atoms with Gasteiger partial charge < -0.3 is 10.1 Å². The van der Waals surface area contributed by atoms with Crippen molar-refractivity contribution in [1.29, 1.82) is 0 Å². The molecule has 12 heavy (non-hydrogen) atoms. The van der Waals surface area contributed by atoms with Gasteiger partial charge in [0.15, 0.2) is 0 Å². The van der Waals surface area contributed by atoms with E-state index in [9.17, 15) is 4.79 Å². The predicted octanol–water partition coefficient (Wildman–Crippen LogP) is 1.06. The lowest BCUT2D eigenvalue weighted by Gasteiger charge is -2.08. The Balaban J connectivity index is 2.14. The third-order valence-electron chi connectivity index (χ3n) is 2.11. The number of nitrogens with one attached hydrogen (secondary N) is 1. The molecule has 1 saturated carbocycles. The second-order valence-electron chi connectivity index (χ2n) is 3.15. The van der Waals surface area contributed by atoms with Crippen molar-refractivity contribution in [2.24, 2.45) is 5.92 Å². The van der Waals surface area contributed by atoms with Gasteiger partial charge in [0.1, 0.15) is 0 Å². The maximum Gasteiger partial charge on any atom is 0.331 e. The minimum absolute atomic E-state index is 0.314. The van der Waals surface area contributed by atoms with Crippen molar-refractivity contribution in [3.05, 3.63) is 12.3 Å². The van der Waals surface area contributed by atoms with E-state index in [2.05, 4.69) is 17.0 Å². The number of carbonyl (C=O) groups is 1. The molecule has 1 rings (SSSR count). The quantitative estimate of drug-likeness (QED) is 0.505. The molecule has 0 spiro atoms. The Morgan fingerprint density at radius 1 is 1.67 bits per heavy atom. The molecule has 0 aliphatic heterocycles. The molecule has 0 aromatic carbocycles. The minimum Gasteiger partial charge on any atom is -0.466 e. The first-order valence-corrected chi connectivity index (χ1v) is 4.24. The van der Waals surface area contributed by atoms with Gasteiger partial charge in [-0.05, 0) is 25.7 Å². The highest BCUT2D eigenvalue weighted by atomic mass is 16.5. The molecule has 0 bridgehead atoms. The summed E-state index contributed by atoms with van der Waals surface area (Å²) >= 11 is 0. The average molecular weight is 169 g/mol. The highest BCUT2D eigenvalue weighted by molar-refractivity contribution is 5.81. The molecule has 1 N–H and O–H groups in total. The van der Waals surface area contributed by atoms with Gasteiger partial charge in [-0.3, -0.25) is 0 Å². The van der Waals surface area contributed by atoms with E-state index in [1.165, 1.54) is 26.0 Å². The molecule has 1 aliphatic carbocycles. The lowest BCUT2D eigenvalue weighted by molar-refractivity contribution is -0.134. The fourth-order valence-electron chi connectivity index (χ4n) is 1.07. The molecule has 3 nitrogen and oxygen atoms in total. The van der Waals surface area contributed by atoms with Crippen molar-refractivity contribution >= 4 is 5.97 Å². The van der Waals surface area contributed by atoms with Gasteiger partial charge in [-0.2, -0.15) is 0 Å². The fraction of sp³-hybridized carbons (Fsp3) is 0.667. The minimum atomic E-state index is -0.314. The van der Waals surface area contributed by atoms with E-state index in [0.717, 1.165) is 5.92 Å². The normalized spacial score (nSPS) is 19.2. The van der Waals surface area contributed by atoms with Crippen LogP contribution in [-0.4, -0.2) is 19.1 Å². The molecule has 68 valence electrons. The summed E-state index contributed by atoms with van der Waals surface area (Å²) in [4.78, 5) is 10.6. The Bertz CT molecular complexity index is 185. The Hall–Kier alpha value is -0.990. The summed E-state index contributed by atoms with van der Waals surface area (Å²) in [5.41, 5.74) is 0. The molecular weight excluding hydrogens is 154 g/mol. The number of carbonyl (C=O) groups excluding carboxylic acids is 1. The van der Waals surface area contributed by atoms with E-state index in [1.807, 2.05) is 0 Å². The molecule has 1 atom stereocenters. The van der Waals surface area contributed by atoms with E-state index in [4.69, 9.17) is 0 Å². The van der Waals surface area contributed by atoms with Gasteiger partial charge in [0, 0.05) is 18.3 Å². The average Bonchev–Trinajstić information content (AvgIpc) is 2.86. The number of methoxy groups -OCH3 is 1. The smallest absolute Gasteiger partial charge is 0.331 e. The van der Waals surface area contributed by atoms with Gasteiger partial charge in [-0.25, -0.2) is 4.79 Å². The summed E-state index contributed by atoms with van der Waals surface area (Å²) in [6, 6.07) is 0.478. The summed E-state index contributed by atoms with van der Waals surface area (Å²) in [6.45, 7) is 2.12. The molecule has 0 saturated heterocycles. The van der Waals surface area contributed by atoms with Crippen LogP contribution in [0, 0.1) is 5.92 Å². The van der Waals surface area contributed by atoms with Gasteiger partial charge in [-0.15, -0.1) is 0 Å². The van der Waals surface area contributed by atoms with Gasteiger partial charge >= 0.3 is 5.97 Å². The Kier molecular flexibility index (Phi) is 3.14. The molecular formula is C9H15NO2. The van der Waals surface area contributed by atoms with Crippen LogP contribution in [0.2, 0.25) is 0 Å². The van der Waals surface area contributed by atoms with Crippen LogP contribution < -0.4 is 5.32 Å². The zero-order chi connectivity index (χ0) is 8.97. The maximum absolute atomic E-state index is 10.6. The van der Waals surface area contributed by atoms with Crippen LogP contribution in [0.25, 0.3) is 0 Å². The van der Waals surface area contributed by atoms with Crippen LogP contribution >= 0.6 is 0 Å². The lowest BCUT2D eigenvalue weighted by atomic mass is 10.2. The van der Waals surface area contributed by atoms with E-state index in [-0.39, 0.29) is 5.97 Å². The van der Waals surface area contributed by atoms with Gasteiger partial charge in [0.05, 0.1) is 7.11 Å². The van der Waals surface area contributed by atoms with Crippen LogP contribution in [-0.2, 0) is 9.53 Å². The predicted molar refractivity (Wildman–Crippen MR) is 46.5 cm³/mol. The molecule has 1 unspecified atom stereocenters. The lowest BCUT2D eigenvalue weighted by Crippen LogP contribution is -2.22. The largest absolute Gasteiger partial charge is 0.466 e. The van der Waals surface area contributed by atoms with Crippen molar-refractivity contribution in [2.45, 2.75) is 25.8 Å². The first-order valence-electron chi connectivity index (χ1n) is 4.24.